The van der Waals surface area contributed by atoms with Crippen LogP contribution in [0, 0.1) is 0 Å². The van der Waals surface area contributed by atoms with E-state index in [2.05, 4.69) is 79.3 Å². The first-order valence-corrected chi connectivity index (χ1v) is 8.46. The quantitative estimate of drug-likeness (QED) is 0.549. The van der Waals surface area contributed by atoms with E-state index in [1.807, 2.05) is 23.5 Å². The van der Waals surface area contributed by atoms with Crippen LogP contribution in [0.1, 0.15) is 6.92 Å². The maximum Gasteiger partial charge on any atom is 0.128 e. The fourth-order valence-corrected chi connectivity index (χ4v) is 6.61. The van der Waals surface area contributed by atoms with Crippen LogP contribution >= 0.6 is 35.3 Å². The van der Waals surface area contributed by atoms with Gasteiger partial charge in [0.15, 0.2) is 0 Å². The van der Waals surface area contributed by atoms with Gasteiger partial charge in [-0.1, -0.05) is 66.8 Å². The zero-order chi connectivity index (χ0) is 12.4. The van der Waals surface area contributed by atoms with E-state index in [-0.39, 0.29) is 3.41 Å². The van der Waals surface area contributed by atoms with Gasteiger partial charge >= 0.3 is 0 Å². The molecule has 2 aromatic carbocycles. The standard InChI is InChI=1S/C15H14S3/c1-12-15(16-12,17-13-8-4-2-5-9-13)18-14-10-6-3-7-11-14/h2-12H,1H3. The summed E-state index contributed by atoms with van der Waals surface area (Å²) < 4.78 is 0.267. The van der Waals surface area contributed by atoms with Gasteiger partial charge in [-0.15, -0.1) is 11.8 Å². The van der Waals surface area contributed by atoms with E-state index in [1.54, 1.807) is 0 Å². The lowest BCUT2D eigenvalue weighted by atomic mass is 10.4. The smallest absolute Gasteiger partial charge is 0.125 e. The molecular formula is C15H14S3. The molecule has 3 heteroatoms. The monoisotopic (exact) mass is 290 g/mol. The molecule has 1 aliphatic heterocycles. The van der Waals surface area contributed by atoms with Gasteiger partial charge in [-0.2, -0.15) is 0 Å². The van der Waals surface area contributed by atoms with Crippen molar-refractivity contribution in [3.8, 4) is 0 Å². The van der Waals surface area contributed by atoms with Crippen molar-refractivity contribution in [2.45, 2.75) is 25.4 Å². The summed E-state index contributed by atoms with van der Waals surface area (Å²) in [5.74, 6) is 0. The van der Waals surface area contributed by atoms with Crippen molar-refractivity contribution in [3.63, 3.8) is 0 Å². The van der Waals surface area contributed by atoms with Crippen molar-refractivity contribution in [1.82, 2.24) is 0 Å². The third-order valence-corrected chi connectivity index (χ3v) is 8.09. The second-order valence-corrected chi connectivity index (χ2v) is 9.19. The average Bonchev–Trinajstić information content (AvgIpc) is 3.01. The normalized spacial score (nSPS) is 20.6. The molecule has 1 fully saturated rings. The Balaban J connectivity index is 1.76. The zero-order valence-corrected chi connectivity index (χ0v) is 12.5. The summed E-state index contributed by atoms with van der Waals surface area (Å²) >= 11 is 6.03. The lowest BCUT2D eigenvalue weighted by molar-refractivity contribution is 1.15. The van der Waals surface area contributed by atoms with E-state index >= 15 is 0 Å². The number of rotatable bonds is 4. The molecule has 1 unspecified atom stereocenters. The first-order chi connectivity index (χ1) is 8.78. The summed E-state index contributed by atoms with van der Waals surface area (Å²) in [4.78, 5) is 2.72. The summed E-state index contributed by atoms with van der Waals surface area (Å²) in [6, 6.07) is 21.4. The van der Waals surface area contributed by atoms with Crippen LogP contribution in [0.5, 0.6) is 0 Å². The number of thioether (sulfide) groups is 3. The molecule has 92 valence electrons. The molecule has 0 aromatic heterocycles. The minimum atomic E-state index is 0.267. The first kappa shape index (κ1) is 12.5. The van der Waals surface area contributed by atoms with Gasteiger partial charge in [0.1, 0.15) is 3.41 Å². The molecule has 1 saturated heterocycles. The summed E-state index contributed by atoms with van der Waals surface area (Å²) in [7, 11) is 0. The van der Waals surface area contributed by atoms with Crippen LogP contribution in [0.25, 0.3) is 0 Å². The van der Waals surface area contributed by atoms with Crippen molar-refractivity contribution in [2.24, 2.45) is 0 Å². The third kappa shape index (κ3) is 2.73. The van der Waals surface area contributed by atoms with Crippen LogP contribution in [-0.2, 0) is 0 Å². The Morgan fingerprint density at radius 1 is 0.833 bits per heavy atom. The number of hydrogen-bond acceptors (Lipinski definition) is 3. The molecule has 1 atom stereocenters. The topological polar surface area (TPSA) is 0 Å². The molecule has 0 saturated carbocycles. The Bertz CT molecular complexity index is 468. The minimum Gasteiger partial charge on any atom is -0.125 e. The SMILES string of the molecule is CC1SC1(Sc1ccccc1)Sc1ccccc1. The van der Waals surface area contributed by atoms with Gasteiger partial charge < -0.3 is 0 Å². The van der Waals surface area contributed by atoms with Crippen molar-refractivity contribution in [1.29, 1.82) is 0 Å². The minimum absolute atomic E-state index is 0.267. The Labute approximate surface area is 121 Å². The molecule has 18 heavy (non-hydrogen) atoms. The molecule has 0 N–H and O–H groups in total. The Morgan fingerprint density at radius 2 is 1.22 bits per heavy atom. The van der Waals surface area contributed by atoms with Crippen molar-refractivity contribution in [3.05, 3.63) is 60.7 Å². The van der Waals surface area contributed by atoms with Crippen molar-refractivity contribution >= 4 is 35.3 Å². The van der Waals surface area contributed by atoms with Gasteiger partial charge in [0.2, 0.25) is 0 Å². The predicted octanol–water partition coefficient (Wildman–Crippen LogP) is 5.36. The Hall–Kier alpha value is -0.510. The second-order valence-electron chi connectivity index (χ2n) is 4.19. The van der Waals surface area contributed by atoms with Crippen LogP contribution in [0.3, 0.4) is 0 Å². The number of hydrogen-bond donors (Lipinski definition) is 0. The molecule has 0 spiro atoms. The van der Waals surface area contributed by atoms with E-state index in [4.69, 9.17) is 0 Å². The fourth-order valence-electron chi connectivity index (χ4n) is 1.75. The maximum atomic E-state index is 2.32. The average molecular weight is 290 g/mol. The highest BCUT2D eigenvalue weighted by Gasteiger charge is 2.54. The fraction of sp³-hybridized carbons (Fsp3) is 0.200. The van der Waals surface area contributed by atoms with Crippen LogP contribution in [0.2, 0.25) is 0 Å². The third-order valence-electron chi connectivity index (χ3n) is 2.79. The van der Waals surface area contributed by atoms with Crippen LogP contribution < -0.4 is 0 Å². The zero-order valence-electron chi connectivity index (χ0n) is 10.1. The number of benzene rings is 2. The molecule has 0 radical (unpaired) electrons. The maximum absolute atomic E-state index is 2.32. The van der Waals surface area contributed by atoms with Gasteiger partial charge in [-0.25, -0.2) is 0 Å². The highest BCUT2D eigenvalue weighted by molar-refractivity contribution is 8.40. The van der Waals surface area contributed by atoms with Crippen LogP contribution in [0.4, 0.5) is 0 Å². The molecule has 0 bridgehead atoms. The van der Waals surface area contributed by atoms with Gasteiger partial charge in [0.25, 0.3) is 0 Å². The van der Waals surface area contributed by atoms with Crippen LogP contribution in [0.15, 0.2) is 70.5 Å². The Kier molecular flexibility index (Phi) is 3.64. The van der Waals surface area contributed by atoms with Crippen LogP contribution in [-0.4, -0.2) is 8.66 Å². The summed E-state index contributed by atoms with van der Waals surface area (Å²) in [5, 5.41) is 0.702. The first-order valence-electron chi connectivity index (χ1n) is 5.94. The van der Waals surface area contributed by atoms with E-state index in [0.717, 1.165) is 0 Å². The molecule has 0 aliphatic carbocycles. The lowest BCUT2D eigenvalue weighted by Gasteiger charge is -2.14. The van der Waals surface area contributed by atoms with E-state index < -0.39 is 0 Å². The predicted molar refractivity (Wildman–Crippen MR) is 84.4 cm³/mol. The highest BCUT2D eigenvalue weighted by atomic mass is 32.3. The summed E-state index contributed by atoms with van der Waals surface area (Å²) in [6.07, 6.45) is 0. The summed E-state index contributed by atoms with van der Waals surface area (Å²) in [5.41, 5.74) is 0. The molecule has 1 heterocycles. The van der Waals surface area contributed by atoms with Gasteiger partial charge in [0.05, 0.1) is 0 Å². The molecule has 0 amide bonds. The highest BCUT2D eigenvalue weighted by Crippen LogP contribution is 2.70. The molecule has 2 aromatic rings. The van der Waals surface area contributed by atoms with Gasteiger partial charge in [-0.3, -0.25) is 0 Å². The lowest BCUT2D eigenvalue weighted by Crippen LogP contribution is -2.01. The Morgan fingerprint density at radius 3 is 1.56 bits per heavy atom. The molecule has 1 aliphatic rings. The van der Waals surface area contributed by atoms with E-state index in [0.29, 0.717) is 5.25 Å². The molecule has 3 rings (SSSR count). The van der Waals surface area contributed by atoms with E-state index in [1.165, 1.54) is 9.79 Å². The van der Waals surface area contributed by atoms with Gasteiger partial charge in [-0.05, 0) is 24.3 Å². The largest absolute Gasteiger partial charge is 0.128 e. The second kappa shape index (κ2) is 5.24. The van der Waals surface area contributed by atoms with Crippen molar-refractivity contribution in [2.75, 3.05) is 0 Å². The molecule has 0 nitrogen and oxygen atoms in total. The van der Waals surface area contributed by atoms with Gasteiger partial charge in [0, 0.05) is 15.0 Å². The molecular weight excluding hydrogens is 276 g/mol. The van der Waals surface area contributed by atoms with E-state index in [9.17, 15) is 0 Å². The van der Waals surface area contributed by atoms with Crippen molar-refractivity contribution < 1.29 is 0 Å². The summed E-state index contributed by atoms with van der Waals surface area (Å²) in [6.45, 7) is 2.32.